The zero-order valence-electron chi connectivity index (χ0n) is 13.7. The Morgan fingerprint density at radius 3 is 2.09 bits per heavy atom. The van der Waals surface area contributed by atoms with Crippen LogP contribution >= 0.6 is 0 Å². The smallest absolute Gasteiger partial charge is 0.319 e. The van der Waals surface area contributed by atoms with Gasteiger partial charge in [0.15, 0.2) is 0 Å². The van der Waals surface area contributed by atoms with Crippen molar-refractivity contribution in [3.63, 3.8) is 0 Å². The van der Waals surface area contributed by atoms with Gasteiger partial charge in [-0.2, -0.15) is 0 Å². The second-order valence-corrected chi connectivity index (χ2v) is 6.62. The van der Waals surface area contributed by atoms with E-state index < -0.39 is 0 Å². The maximum atomic E-state index is 11.9. The number of nitrogens with one attached hydrogen (secondary N) is 2. The van der Waals surface area contributed by atoms with Crippen LogP contribution in [0.15, 0.2) is 48.5 Å². The molecule has 0 atom stereocenters. The highest BCUT2D eigenvalue weighted by Crippen LogP contribution is 2.23. The van der Waals surface area contributed by atoms with Crippen LogP contribution in [0, 0.1) is 6.92 Å². The van der Waals surface area contributed by atoms with Crippen molar-refractivity contribution in [2.75, 3.05) is 5.32 Å². The summed E-state index contributed by atoms with van der Waals surface area (Å²) in [6.07, 6.45) is 0. The molecule has 2 aromatic rings. The monoisotopic (exact) mass is 296 g/mol. The van der Waals surface area contributed by atoms with Crippen LogP contribution in [0.2, 0.25) is 0 Å². The minimum Gasteiger partial charge on any atom is -0.334 e. The normalized spacial score (nSPS) is 11.1. The Labute approximate surface area is 132 Å². The van der Waals surface area contributed by atoms with Crippen molar-refractivity contribution in [1.29, 1.82) is 0 Å². The van der Waals surface area contributed by atoms with Crippen LogP contribution in [0.25, 0.3) is 0 Å². The zero-order chi connectivity index (χ0) is 16.2. The fourth-order valence-electron chi connectivity index (χ4n) is 2.12. The molecule has 0 aliphatic rings. The molecule has 0 heterocycles. The van der Waals surface area contributed by atoms with E-state index in [0.717, 1.165) is 11.3 Å². The first-order valence-corrected chi connectivity index (χ1v) is 7.55. The molecule has 0 spiro atoms. The second-order valence-electron chi connectivity index (χ2n) is 6.62. The molecule has 0 fully saturated rings. The molecular weight excluding hydrogens is 272 g/mol. The van der Waals surface area contributed by atoms with Gasteiger partial charge in [0.2, 0.25) is 0 Å². The van der Waals surface area contributed by atoms with E-state index in [9.17, 15) is 4.79 Å². The molecule has 0 bridgehead atoms. The van der Waals surface area contributed by atoms with Crippen molar-refractivity contribution in [1.82, 2.24) is 5.32 Å². The summed E-state index contributed by atoms with van der Waals surface area (Å²) in [5.41, 5.74) is 4.47. The summed E-state index contributed by atoms with van der Waals surface area (Å²) in [7, 11) is 0. The largest absolute Gasteiger partial charge is 0.334 e. The molecule has 2 rings (SSSR count). The fraction of sp³-hybridized carbons (Fsp3) is 0.316. The van der Waals surface area contributed by atoms with Gasteiger partial charge in [0.25, 0.3) is 0 Å². The average Bonchev–Trinajstić information content (AvgIpc) is 2.46. The zero-order valence-corrected chi connectivity index (χ0v) is 13.7. The van der Waals surface area contributed by atoms with E-state index in [0.29, 0.717) is 6.54 Å². The van der Waals surface area contributed by atoms with E-state index in [1.54, 1.807) is 0 Å². The van der Waals surface area contributed by atoms with Crippen LogP contribution in [0.1, 0.15) is 37.5 Å². The summed E-state index contributed by atoms with van der Waals surface area (Å²) in [5.74, 6) is 0. The van der Waals surface area contributed by atoms with Crippen molar-refractivity contribution in [2.24, 2.45) is 0 Å². The Morgan fingerprint density at radius 2 is 1.55 bits per heavy atom. The van der Waals surface area contributed by atoms with Gasteiger partial charge in [0.1, 0.15) is 0 Å². The molecule has 22 heavy (non-hydrogen) atoms. The highest BCUT2D eigenvalue weighted by Gasteiger charge is 2.13. The van der Waals surface area contributed by atoms with Gasteiger partial charge in [-0.25, -0.2) is 4.79 Å². The summed E-state index contributed by atoms with van der Waals surface area (Å²) >= 11 is 0. The van der Waals surface area contributed by atoms with Crippen molar-refractivity contribution in [2.45, 2.75) is 39.7 Å². The van der Waals surface area contributed by atoms with Gasteiger partial charge in [-0.3, -0.25) is 0 Å². The van der Waals surface area contributed by atoms with Crippen molar-refractivity contribution >= 4 is 11.7 Å². The number of aryl methyl sites for hydroxylation is 1. The lowest BCUT2D eigenvalue weighted by Gasteiger charge is -2.19. The second kappa shape index (κ2) is 6.65. The quantitative estimate of drug-likeness (QED) is 0.853. The Bertz CT molecular complexity index is 622. The number of hydrogen-bond acceptors (Lipinski definition) is 1. The van der Waals surface area contributed by atoms with E-state index in [1.165, 1.54) is 11.1 Å². The molecule has 0 aliphatic carbocycles. The molecule has 0 saturated heterocycles. The molecule has 0 aliphatic heterocycles. The lowest BCUT2D eigenvalue weighted by Crippen LogP contribution is -2.28. The van der Waals surface area contributed by atoms with Crippen molar-refractivity contribution < 1.29 is 4.79 Å². The Balaban J connectivity index is 1.88. The molecule has 0 unspecified atom stereocenters. The van der Waals surface area contributed by atoms with E-state index >= 15 is 0 Å². The third-order valence-corrected chi connectivity index (χ3v) is 3.58. The van der Waals surface area contributed by atoms with Crippen LogP contribution in [-0.2, 0) is 12.0 Å². The third-order valence-electron chi connectivity index (χ3n) is 3.58. The molecule has 0 saturated carbocycles. The van der Waals surface area contributed by atoms with Gasteiger partial charge < -0.3 is 10.6 Å². The predicted molar refractivity (Wildman–Crippen MR) is 92.2 cm³/mol. The molecule has 3 heteroatoms. The van der Waals surface area contributed by atoms with Gasteiger partial charge in [-0.05, 0) is 35.6 Å². The lowest BCUT2D eigenvalue weighted by atomic mass is 9.87. The van der Waals surface area contributed by atoms with E-state index in [4.69, 9.17) is 0 Å². The number of carbonyl (C=O) groups excluding carboxylic acids is 1. The molecule has 2 amide bonds. The Hall–Kier alpha value is -2.29. The Kier molecular flexibility index (Phi) is 4.86. The first kappa shape index (κ1) is 16.1. The average molecular weight is 296 g/mol. The predicted octanol–water partition coefficient (Wildman–Crippen LogP) is 4.61. The number of amides is 2. The van der Waals surface area contributed by atoms with Gasteiger partial charge >= 0.3 is 6.03 Å². The summed E-state index contributed by atoms with van der Waals surface area (Å²) < 4.78 is 0. The standard InChI is InChI=1S/C19H24N2O/c1-14-5-7-15(8-6-14)13-20-18(22)21-17-11-9-16(10-12-17)19(2,3)4/h5-12H,13H2,1-4H3,(H2,20,21,22). The number of benzene rings is 2. The van der Waals surface area contributed by atoms with Gasteiger partial charge in [0.05, 0.1) is 0 Å². The van der Waals surface area contributed by atoms with E-state index in [1.807, 2.05) is 43.3 Å². The number of hydrogen-bond donors (Lipinski definition) is 2. The van der Waals surface area contributed by atoms with Gasteiger partial charge in [-0.1, -0.05) is 62.7 Å². The molecule has 3 nitrogen and oxygen atoms in total. The highest BCUT2D eigenvalue weighted by molar-refractivity contribution is 5.89. The SMILES string of the molecule is Cc1ccc(CNC(=O)Nc2ccc(C(C)(C)C)cc2)cc1. The molecule has 0 aromatic heterocycles. The number of anilines is 1. The number of urea groups is 1. The summed E-state index contributed by atoms with van der Waals surface area (Å²) in [6, 6.07) is 15.9. The van der Waals surface area contributed by atoms with Gasteiger partial charge in [-0.15, -0.1) is 0 Å². The summed E-state index contributed by atoms with van der Waals surface area (Å²) in [5, 5.41) is 5.71. The van der Waals surface area contributed by atoms with Crippen molar-refractivity contribution in [3.8, 4) is 0 Å². The molecular formula is C19H24N2O. The van der Waals surface area contributed by atoms with Gasteiger partial charge in [0, 0.05) is 12.2 Å². The van der Waals surface area contributed by atoms with Crippen LogP contribution < -0.4 is 10.6 Å². The molecule has 2 N–H and O–H groups in total. The fourth-order valence-corrected chi connectivity index (χ4v) is 2.12. The number of rotatable bonds is 3. The van der Waals surface area contributed by atoms with Crippen LogP contribution in [0.4, 0.5) is 10.5 Å². The van der Waals surface area contributed by atoms with Crippen LogP contribution in [0.5, 0.6) is 0 Å². The third kappa shape index (κ3) is 4.62. The molecule has 2 aromatic carbocycles. The molecule has 0 radical (unpaired) electrons. The van der Waals surface area contributed by atoms with Crippen LogP contribution in [0.3, 0.4) is 0 Å². The maximum absolute atomic E-state index is 11.9. The van der Waals surface area contributed by atoms with E-state index in [-0.39, 0.29) is 11.4 Å². The van der Waals surface area contributed by atoms with E-state index in [2.05, 4.69) is 43.5 Å². The van der Waals surface area contributed by atoms with Crippen molar-refractivity contribution in [3.05, 3.63) is 65.2 Å². The van der Waals surface area contributed by atoms with Crippen LogP contribution in [-0.4, -0.2) is 6.03 Å². The lowest BCUT2D eigenvalue weighted by molar-refractivity contribution is 0.251. The molecule has 116 valence electrons. The Morgan fingerprint density at radius 1 is 0.955 bits per heavy atom. The topological polar surface area (TPSA) is 41.1 Å². The summed E-state index contributed by atoms with van der Waals surface area (Å²) in [6.45, 7) is 9.08. The number of carbonyl (C=O) groups is 1. The first-order chi connectivity index (χ1) is 10.3. The maximum Gasteiger partial charge on any atom is 0.319 e. The highest BCUT2D eigenvalue weighted by atomic mass is 16.2. The minimum absolute atomic E-state index is 0.117. The minimum atomic E-state index is -0.191. The summed E-state index contributed by atoms with van der Waals surface area (Å²) in [4.78, 5) is 11.9. The first-order valence-electron chi connectivity index (χ1n) is 7.55.